The van der Waals surface area contributed by atoms with Gasteiger partial charge in [0.25, 0.3) is 0 Å². The molecule has 0 aliphatic carbocycles. The molecule has 0 saturated carbocycles. The summed E-state index contributed by atoms with van der Waals surface area (Å²) in [4.78, 5) is 54.3. The third-order valence-electron chi connectivity index (χ3n) is 5.19. The van der Waals surface area contributed by atoms with E-state index in [-0.39, 0.29) is 43.3 Å². The van der Waals surface area contributed by atoms with Gasteiger partial charge in [0.2, 0.25) is 0 Å². The van der Waals surface area contributed by atoms with Gasteiger partial charge in [0.05, 0.1) is 43.6 Å². The Labute approximate surface area is 197 Å². The predicted molar refractivity (Wildman–Crippen MR) is 121 cm³/mol. The minimum Gasteiger partial charge on any atom is -0.463 e. The Morgan fingerprint density at radius 1 is 0.735 bits per heavy atom. The SMILES string of the molecule is CCOC(=O)C1=C(C(=O)OCC)C2c3ccccc3C=CN2C(C(=O)OCC)=C1C(=O)OCC. The van der Waals surface area contributed by atoms with Crippen LogP contribution < -0.4 is 0 Å². The van der Waals surface area contributed by atoms with Gasteiger partial charge in [-0.1, -0.05) is 24.3 Å². The van der Waals surface area contributed by atoms with Gasteiger partial charge in [-0.25, -0.2) is 19.2 Å². The molecule has 1 aromatic carbocycles. The van der Waals surface area contributed by atoms with Gasteiger partial charge in [-0.2, -0.15) is 0 Å². The summed E-state index contributed by atoms with van der Waals surface area (Å²) in [5.74, 6) is -3.55. The molecule has 1 aromatic rings. The number of carbonyl (C=O) groups excluding carboxylic acids is 4. The van der Waals surface area contributed by atoms with Crippen LogP contribution in [0.2, 0.25) is 0 Å². The van der Waals surface area contributed by atoms with Gasteiger partial charge in [0.1, 0.15) is 11.3 Å². The summed E-state index contributed by atoms with van der Waals surface area (Å²) in [7, 11) is 0. The molecule has 1 unspecified atom stereocenters. The highest BCUT2D eigenvalue weighted by molar-refractivity contribution is 6.17. The maximum Gasteiger partial charge on any atom is 0.355 e. The van der Waals surface area contributed by atoms with Crippen LogP contribution in [0.15, 0.2) is 52.9 Å². The maximum atomic E-state index is 13.3. The largest absolute Gasteiger partial charge is 0.463 e. The second kappa shape index (κ2) is 10.8. The first kappa shape index (κ1) is 24.8. The summed E-state index contributed by atoms with van der Waals surface area (Å²) in [6, 6.07) is 6.28. The van der Waals surface area contributed by atoms with Crippen LogP contribution in [0.3, 0.4) is 0 Å². The molecule has 9 nitrogen and oxygen atoms in total. The molecule has 0 radical (unpaired) electrons. The molecule has 1 atom stereocenters. The van der Waals surface area contributed by atoms with Crippen LogP contribution in [0.5, 0.6) is 0 Å². The standard InChI is InChI=1S/C25H27NO8/c1-5-31-22(27)17-18(23(28)32-6-2)20-16-12-10-9-11-15(16)13-14-26(20)21(25(30)34-8-4)19(17)24(29)33-7-3/h9-14,20H,5-8H2,1-4H3. The van der Waals surface area contributed by atoms with Crippen molar-refractivity contribution in [3.8, 4) is 0 Å². The number of hydrogen-bond donors (Lipinski definition) is 0. The van der Waals surface area contributed by atoms with E-state index in [2.05, 4.69) is 0 Å². The first-order chi connectivity index (χ1) is 16.4. The number of ether oxygens (including phenoxy) is 4. The molecule has 9 heteroatoms. The smallest absolute Gasteiger partial charge is 0.355 e. The summed E-state index contributed by atoms with van der Waals surface area (Å²) in [5.41, 5.74) is 0.312. The monoisotopic (exact) mass is 469 g/mol. The van der Waals surface area contributed by atoms with Crippen LogP contribution in [-0.2, 0) is 38.1 Å². The van der Waals surface area contributed by atoms with Crippen LogP contribution in [0, 0.1) is 0 Å². The third kappa shape index (κ3) is 4.46. The number of benzene rings is 1. The van der Waals surface area contributed by atoms with Crippen molar-refractivity contribution in [1.82, 2.24) is 4.90 Å². The van der Waals surface area contributed by atoms with Crippen LogP contribution in [0.4, 0.5) is 0 Å². The first-order valence-electron chi connectivity index (χ1n) is 11.1. The highest BCUT2D eigenvalue weighted by atomic mass is 16.5. The van der Waals surface area contributed by atoms with Crippen molar-refractivity contribution in [2.45, 2.75) is 33.7 Å². The first-order valence-corrected chi connectivity index (χ1v) is 11.1. The number of carbonyl (C=O) groups is 4. The van der Waals surface area contributed by atoms with Gasteiger partial charge in [0.15, 0.2) is 0 Å². The third-order valence-corrected chi connectivity index (χ3v) is 5.19. The average Bonchev–Trinajstić information content (AvgIpc) is 2.82. The number of fused-ring (bicyclic) bond motifs is 3. The molecule has 0 spiro atoms. The van der Waals surface area contributed by atoms with Crippen molar-refractivity contribution < 1.29 is 38.1 Å². The molecule has 34 heavy (non-hydrogen) atoms. The molecule has 0 amide bonds. The number of nitrogens with zero attached hydrogens (tertiary/aromatic N) is 1. The zero-order chi connectivity index (χ0) is 24.8. The van der Waals surface area contributed by atoms with E-state index in [1.165, 1.54) is 4.90 Å². The topological polar surface area (TPSA) is 108 Å². The Morgan fingerprint density at radius 2 is 1.26 bits per heavy atom. The second-order valence-corrected chi connectivity index (χ2v) is 7.15. The maximum absolute atomic E-state index is 13.3. The van der Waals surface area contributed by atoms with Crippen LogP contribution in [-0.4, -0.2) is 55.2 Å². The van der Waals surface area contributed by atoms with E-state index in [1.54, 1.807) is 52.1 Å². The normalized spacial score (nSPS) is 16.5. The highest BCUT2D eigenvalue weighted by Crippen LogP contribution is 2.46. The lowest BCUT2D eigenvalue weighted by Crippen LogP contribution is -2.42. The second-order valence-electron chi connectivity index (χ2n) is 7.15. The van der Waals surface area contributed by atoms with Crippen molar-refractivity contribution in [2.24, 2.45) is 0 Å². The van der Waals surface area contributed by atoms with E-state index in [4.69, 9.17) is 18.9 Å². The van der Waals surface area contributed by atoms with Gasteiger partial charge in [-0.15, -0.1) is 0 Å². The van der Waals surface area contributed by atoms with Crippen LogP contribution in [0.25, 0.3) is 6.08 Å². The molecule has 2 aliphatic heterocycles. The van der Waals surface area contributed by atoms with Crippen molar-refractivity contribution in [2.75, 3.05) is 26.4 Å². The highest BCUT2D eigenvalue weighted by Gasteiger charge is 2.48. The molecule has 3 rings (SSSR count). The van der Waals surface area contributed by atoms with Gasteiger partial charge in [0, 0.05) is 6.20 Å². The van der Waals surface area contributed by atoms with Gasteiger partial charge in [-0.3, -0.25) is 0 Å². The lowest BCUT2D eigenvalue weighted by molar-refractivity contribution is -0.146. The Morgan fingerprint density at radius 3 is 1.88 bits per heavy atom. The van der Waals surface area contributed by atoms with Gasteiger partial charge in [-0.05, 0) is 44.9 Å². The molecule has 2 aliphatic rings. The summed E-state index contributed by atoms with van der Waals surface area (Å²) in [5, 5.41) is 0. The van der Waals surface area contributed by atoms with Crippen molar-refractivity contribution in [1.29, 1.82) is 0 Å². The number of rotatable bonds is 8. The van der Waals surface area contributed by atoms with E-state index in [0.717, 1.165) is 5.56 Å². The minimum absolute atomic E-state index is 0.0197. The fraction of sp³-hybridized carbons (Fsp3) is 0.360. The van der Waals surface area contributed by atoms with Crippen molar-refractivity contribution >= 4 is 30.0 Å². The van der Waals surface area contributed by atoms with Crippen molar-refractivity contribution in [3.05, 3.63) is 64.0 Å². The van der Waals surface area contributed by atoms with E-state index in [1.807, 2.05) is 12.1 Å². The minimum atomic E-state index is -0.957. The quantitative estimate of drug-likeness (QED) is 0.419. The zero-order valence-electron chi connectivity index (χ0n) is 19.6. The van der Waals surface area contributed by atoms with Gasteiger partial charge >= 0.3 is 23.9 Å². The summed E-state index contributed by atoms with van der Waals surface area (Å²) >= 11 is 0. The Balaban J connectivity index is 2.45. The van der Waals surface area contributed by atoms with Crippen LogP contribution >= 0.6 is 0 Å². The average molecular weight is 469 g/mol. The summed E-state index contributed by atoms with van der Waals surface area (Å²) < 4.78 is 20.9. The van der Waals surface area contributed by atoms with Crippen LogP contribution in [0.1, 0.15) is 44.9 Å². The van der Waals surface area contributed by atoms with E-state index in [9.17, 15) is 19.2 Å². The number of hydrogen-bond acceptors (Lipinski definition) is 9. The molecule has 2 heterocycles. The fourth-order valence-electron chi connectivity index (χ4n) is 3.97. The van der Waals surface area contributed by atoms with Crippen molar-refractivity contribution in [3.63, 3.8) is 0 Å². The summed E-state index contributed by atoms with van der Waals surface area (Å²) in [6.07, 6.45) is 3.31. The van der Waals surface area contributed by atoms with E-state index >= 15 is 0 Å². The molecule has 0 bridgehead atoms. The Kier molecular flexibility index (Phi) is 7.88. The van der Waals surface area contributed by atoms with E-state index < -0.39 is 35.5 Å². The fourth-order valence-corrected chi connectivity index (χ4v) is 3.97. The molecular weight excluding hydrogens is 442 g/mol. The molecular formula is C25H27NO8. The molecule has 0 fully saturated rings. The number of esters is 4. The van der Waals surface area contributed by atoms with Gasteiger partial charge < -0.3 is 23.8 Å². The lowest BCUT2D eigenvalue weighted by Gasteiger charge is -2.40. The predicted octanol–water partition coefficient (Wildman–Crippen LogP) is 2.83. The molecule has 0 aromatic heterocycles. The molecule has 180 valence electrons. The Bertz CT molecular complexity index is 1100. The summed E-state index contributed by atoms with van der Waals surface area (Å²) in [6.45, 7) is 6.45. The molecule has 0 N–H and O–H groups in total. The zero-order valence-corrected chi connectivity index (χ0v) is 19.6. The Hall–Kier alpha value is -3.88. The lowest BCUT2D eigenvalue weighted by atomic mass is 9.81. The van der Waals surface area contributed by atoms with E-state index in [0.29, 0.717) is 5.56 Å². The molecule has 0 saturated heterocycles.